The van der Waals surface area contributed by atoms with Crippen LogP contribution in [0.2, 0.25) is 0 Å². The van der Waals surface area contributed by atoms with E-state index in [9.17, 15) is 18.0 Å². The third-order valence-corrected chi connectivity index (χ3v) is 4.19. The number of alkyl halides is 3. The molecule has 5 nitrogen and oxygen atoms in total. The van der Waals surface area contributed by atoms with Gasteiger partial charge in [0.2, 0.25) is 0 Å². The first kappa shape index (κ1) is 19.5. The number of carbonyl (C=O) groups excluding carboxylic acids is 1. The van der Waals surface area contributed by atoms with Gasteiger partial charge in [0.1, 0.15) is 11.4 Å². The average Bonchev–Trinajstić information content (AvgIpc) is 3.07. The van der Waals surface area contributed by atoms with Crippen LogP contribution < -0.4 is 10.1 Å². The standard InChI is InChI=1S/C20H18F3N3O2/c1-26-18(11-17(25-26)14-6-4-8-16(10-14)28-2)19(27)24-12-13-5-3-7-15(9-13)20(21,22)23/h3-11H,12H2,1-2H3,(H,24,27). The summed E-state index contributed by atoms with van der Waals surface area (Å²) >= 11 is 0. The van der Waals surface area contributed by atoms with Gasteiger partial charge in [-0.15, -0.1) is 0 Å². The Bertz CT molecular complexity index is 996. The third kappa shape index (κ3) is 4.33. The zero-order valence-electron chi connectivity index (χ0n) is 15.2. The van der Waals surface area contributed by atoms with Gasteiger partial charge in [-0.05, 0) is 35.9 Å². The minimum atomic E-state index is -4.42. The summed E-state index contributed by atoms with van der Waals surface area (Å²) < 4.78 is 45.0. The van der Waals surface area contributed by atoms with Crippen LogP contribution in [0.1, 0.15) is 21.6 Å². The topological polar surface area (TPSA) is 56.1 Å². The summed E-state index contributed by atoms with van der Waals surface area (Å²) in [6.07, 6.45) is -4.42. The van der Waals surface area contributed by atoms with Crippen molar-refractivity contribution >= 4 is 5.91 Å². The fraction of sp³-hybridized carbons (Fsp3) is 0.200. The average molecular weight is 389 g/mol. The SMILES string of the molecule is COc1cccc(-c2cc(C(=O)NCc3cccc(C(F)(F)F)c3)n(C)n2)c1. The Hall–Kier alpha value is -3.29. The van der Waals surface area contributed by atoms with Crippen LogP contribution in [-0.4, -0.2) is 22.8 Å². The molecule has 146 valence electrons. The van der Waals surface area contributed by atoms with E-state index in [2.05, 4.69) is 10.4 Å². The maximum atomic E-state index is 12.8. The Morgan fingerprint density at radius 1 is 1.14 bits per heavy atom. The lowest BCUT2D eigenvalue weighted by Gasteiger charge is -2.09. The van der Waals surface area contributed by atoms with Gasteiger partial charge in [0, 0.05) is 19.2 Å². The molecule has 0 aliphatic rings. The summed E-state index contributed by atoms with van der Waals surface area (Å²) in [6, 6.07) is 13.7. The van der Waals surface area contributed by atoms with E-state index in [1.54, 1.807) is 32.4 Å². The van der Waals surface area contributed by atoms with Crippen molar-refractivity contribution in [3.05, 3.63) is 71.4 Å². The van der Waals surface area contributed by atoms with Gasteiger partial charge in [-0.3, -0.25) is 9.48 Å². The summed E-state index contributed by atoms with van der Waals surface area (Å²) in [5.74, 6) is 0.236. The molecule has 3 aromatic rings. The van der Waals surface area contributed by atoms with Crippen molar-refractivity contribution in [1.29, 1.82) is 0 Å². The highest BCUT2D eigenvalue weighted by Gasteiger charge is 2.30. The Labute approximate surface area is 159 Å². The second-order valence-electron chi connectivity index (χ2n) is 6.15. The van der Waals surface area contributed by atoms with Crippen LogP contribution in [0.5, 0.6) is 5.75 Å². The molecular formula is C20H18F3N3O2. The van der Waals surface area contributed by atoms with Crippen LogP contribution in [0.15, 0.2) is 54.6 Å². The number of nitrogens with one attached hydrogen (secondary N) is 1. The molecule has 1 amide bonds. The Kier molecular flexibility index (Phi) is 5.39. The van der Waals surface area contributed by atoms with Crippen molar-refractivity contribution in [2.75, 3.05) is 7.11 Å². The van der Waals surface area contributed by atoms with Gasteiger partial charge >= 0.3 is 6.18 Å². The highest BCUT2D eigenvalue weighted by atomic mass is 19.4. The number of amides is 1. The zero-order valence-corrected chi connectivity index (χ0v) is 15.2. The van der Waals surface area contributed by atoms with Crippen molar-refractivity contribution in [2.45, 2.75) is 12.7 Å². The maximum absolute atomic E-state index is 12.8. The summed E-state index contributed by atoms with van der Waals surface area (Å²) in [5.41, 5.74) is 1.28. The Balaban J connectivity index is 1.74. The quantitative estimate of drug-likeness (QED) is 0.717. The van der Waals surface area contributed by atoms with E-state index >= 15 is 0 Å². The van der Waals surface area contributed by atoms with E-state index < -0.39 is 17.6 Å². The summed E-state index contributed by atoms with van der Waals surface area (Å²) in [7, 11) is 3.19. The van der Waals surface area contributed by atoms with Crippen LogP contribution in [-0.2, 0) is 19.8 Å². The van der Waals surface area contributed by atoms with E-state index in [-0.39, 0.29) is 6.54 Å². The highest BCUT2D eigenvalue weighted by Crippen LogP contribution is 2.29. The number of hydrogen-bond donors (Lipinski definition) is 1. The maximum Gasteiger partial charge on any atom is 0.416 e. The van der Waals surface area contributed by atoms with Gasteiger partial charge in [-0.25, -0.2) is 0 Å². The number of rotatable bonds is 5. The fourth-order valence-electron chi connectivity index (χ4n) is 2.73. The number of aryl methyl sites for hydroxylation is 1. The number of carbonyl (C=O) groups is 1. The molecule has 0 atom stereocenters. The molecule has 1 heterocycles. The molecule has 0 aliphatic carbocycles. The number of nitrogens with zero attached hydrogens (tertiary/aromatic N) is 2. The van der Waals surface area contributed by atoms with Crippen molar-refractivity contribution in [3.8, 4) is 17.0 Å². The fourth-order valence-corrected chi connectivity index (χ4v) is 2.73. The molecule has 0 unspecified atom stereocenters. The van der Waals surface area contributed by atoms with Crippen molar-refractivity contribution in [2.24, 2.45) is 7.05 Å². The molecule has 0 spiro atoms. The first-order chi connectivity index (χ1) is 13.3. The molecule has 1 N–H and O–H groups in total. The lowest BCUT2D eigenvalue weighted by atomic mass is 10.1. The summed E-state index contributed by atoms with van der Waals surface area (Å²) in [4.78, 5) is 12.5. The van der Waals surface area contributed by atoms with Crippen LogP contribution >= 0.6 is 0 Å². The van der Waals surface area contributed by atoms with Crippen LogP contribution in [0.25, 0.3) is 11.3 Å². The smallest absolute Gasteiger partial charge is 0.416 e. The number of halogens is 3. The highest BCUT2D eigenvalue weighted by molar-refractivity contribution is 5.93. The molecule has 0 radical (unpaired) electrons. The number of ether oxygens (including phenoxy) is 1. The van der Waals surface area contributed by atoms with Crippen LogP contribution in [0.3, 0.4) is 0 Å². The van der Waals surface area contributed by atoms with Crippen molar-refractivity contribution in [1.82, 2.24) is 15.1 Å². The molecule has 3 rings (SSSR count). The lowest BCUT2D eigenvalue weighted by Crippen LogP contribution is -2.25. The van der Waals surface area contributed by atoms with Gasteiger partial charge in [-0.1, -0.05) is 24.3 Å². The third-order valence-electron chi connectivity index (χ3n) is 4.19. The number of hydrogen-bond acceptors (Lipinski definition) is 3. The molecular weight excluding hydrogens is 371 g/mol. The van der Waals surface area contributed by atoms with Crippen molar-refractivity contribution in [3.63, 3.8) is 0 Å². The summed E-state index contributed by atoms with van der Waals surface area (Å²) in [6.45, 7) is -0.0254. The van der Waals surface area contributed by atoms with Gasteiger partial charge in [0.15, 0.2) is 0 Å². The molecule has 0 aliphatic heterocycles. The monoisotopic (exact) mass is 389 g/mol. The van der Waals surface area contributed by atoms with E-state index in [1.807, 2.05) is 12.1 Å². The molecule has 2 aromatic carbocycles. The predicted molar refractivity (Wildman–Crippen MR) is 97.8 cm³/mol. The number of benzene rings is 2. The molecule has 28 heavy (non-hydrogen) atoms. The zero-order chi connectivity index (χ0) is 20.3. The lowest BCUT2D eigenvalue weighted by molar-refractivity contribution is -0.137. The molecule has 1 aromatic heterocycles. The Morgan fingerprint density at radius 2 is 1.89 bits per heavy atom. The first-order valence-corrected chi connectivity index (χ1v) is 8.41. The first-order valence-electron chi connectivity index (χ1n) is 8.41. The minimum absolute atomic E-state index is 0.0254. The second kappa shape index (κ2) is 7.75. The largest absolute Gasteiger partial charge is 0.497 e. The molecule has 8 heteroatoms. The van der Waals surface area contributed by atoms with Gasteiger partial charge in [0.05, 0.1) is 18.4 Å². The Morgan fingerprint density at radius 3 is 2.61 bits per heavy atom. The van der Waals surface area contributed by atoms with Crippen LogP contribution in [0.4, 0.5) is 13.2 Å². The molecule has 0 saturated heterocycles. The summed E-state index contributed by atoms with van der Waals surface area (Å²) in [5, 5.41) is 6.96. The van der Waals surface area contributed by atoms with Gasteiger partial charge < -0.3 is 10.1 Å². The number of methoxy groups -OCH3 is 1. The van der Waals surface area contributed by atoms with E-state index in [1.165, 1.54) is 16.8 Å². The van der Waals surface area contributed by atoms with Crippen molar-refractivity contribution < 1.29 is 22.7 Å². The van der Waals surface area contributed by atoms with E-state index in [0.717, 1.165) is 17.7 Å². The van der Waals surface area contributed by atoms with Crippen LogP contribution in [0, 0.1) is 0 Å². The molecule has 0 bridgehead atoms. The second-order valence-corrected chi connectivity index (χ2v) is 6.15. The molecule has 0 saturated carbocycles. The van der Waals surface area contributed by atoms with Gasteiger partial charge in [0.25, 0.3) is 5.91 Å². The molecule has 0 fully saturated rings. The van der Waals surface area contributed by atoms with E-state index in [4.69, 9.17) is 4.74 Å². The number of aromatic nitrogens is 2. The normalized spacial score (nSPS) is 11.3. The predicted octanol–water partition coefficient (Wildman–Crippen LogP) is 4.04. The van der Waals surface area contributed by atoms with E-state index in [0.29, 0.717) is 22.7 Å². The van der Waals surface area contributed by atoms with Gasteiger partial charge in [-0.2, -0.15) is 18.3 Å². The minimum Gasteiger partial charge on any atom is -0.497 e.